The fraction of sp³-hybridized carbons (Fsp3) is 0.467. The lowest BCUT2D eigenvalue weighted by Crippen LogP contribution is -2.73. The number of ether oxygens (including phenoxy) is 1. The maximum Gasteiger partial charge on any atom is 0.437 e. The number of alkyl halides is 3. The van der Waals surface area contributed by atoms with Crippen molar-refractivity contribution in [2.24, 2.45) is 5.92 Å². The third-order valence-corrected chi connectivity index (χ3v) is 4.28. The van der Waals surface area contributed by atoms with E-state index in [4.69, 9.17) is 0 Å². The van der Waals surface area contributed by atoms with E-state index in [0.717, 1.165) is 24.3 Å². The predicted octanol–water partition coefficient (Wildman–Crippen LogP) is 1.72. The molecule has 0 aromatic heterocycles. The Kier molecular flexibility index (Phi) is 5.31. The van der Waals surface area contributed by atoms with Crippen LogP contribution in [0.4, 0.5) is 23.7 Å². The average molecular weight is 391 g/mol. The van der Waals surface area contributed by atoms with E-state index in [1.54, 1.807) is 0 Å². The summed E-state index contributed by atoms with van der Waals surface area (Å²) in [6, 6.07) is 1.30. The van der Waals surface area contributed by atoms with Gasteiger partial charge in [0, 0.05) is 19.2 Å². The molecule has 1 fully saturated rings. The summed E-state index contributed by atoms with van der Waals surface area (Å²) in [4.78, 5) is 34.3. The van der Waals surface area contributed by atoms with Gasteiger partial charge in [-0.15, -0.1) is 0 Å². The number of nitro groups is 1. The van der Waals surface area contributed by atoms with Crippen LogP contribution in [-0.4, -0.2) is 52.5 Å². The second kappa shape index (κ2) is 7.02. The van der Waals surface area contributed by atoms with Gasteiger partial charge in [-0.3, -0.25) is 19.8 Å². The van der Waals surface area contributed by atoms with Crippen LogP contribution >= 0.6 is 0 Å². The van der Waals surface area contributed by atoms with Crippen molar-refractivity contribution in [3.63, 3.8) is 0 Å². The molecule has 0 aliphatic carbocycles. The minimum absolute atomic E-state index is 0.0174. The molecule has 2 rings (SSSR count). The molecule has 148 valence electrons. The third kappa shape index (κ3) is 3.39. The summed E-state index contributed by atoms with van der Waals surface area (Å²) in [5.41, 5.74) is -4.21. The fourth-order valence-electron chi connectivity index (χ4n) is 2.89. The number of nitrogens with zero attached hydrogens (tertiary/aromatic N) is 2. The monoisotopic (exact) mass is 391 g/mol. The lowest BCUT2D eigenvalue weighted by atomic mass is 9.81. The number of carbonyl (C=O) groups excluding carboxylic acids is 2. The van der Waals surface area contributed by atoms with Crippen LogP contribution in [0.25, 0.3) is 0 Å². The van der Waals surface area contributed by atoms with Crippen molar-refractivity contribution in [2.75, 3.05) is 13.7 Å². The molecule has 1 aliphatic heterocycles. The van der Waals surface area contributed by atoms with Crippen LogP contribution in [0.2, 0.25) is 0 Å². The summed E-state index contributed by atoms with van der Waals surface area (Å²) in [6.45, 7) is 1.12. The van der Waals surface area contributed by atoms with Crippen molar-refractivity contribution < 1.29 is 37.5 Å². The van der Waals surface area contributed by atoms with Crippen LogP contribution in [0.5, 0.6) is 0 Å². The summed E-state index contributed by atoms with van der Waals surface area (Å²) in [7, 11) is 0.696. The number of nitrogens with one attached hydrogen (secondary N) is 1. The normalized spacial score (nSPS) is 25.7. The Hall–Kier alpha value is -2.89. The number of hydrogen-bond donors (Lipinski definition) is 2. The first-order valence-corrected chi connectivity index (χ1v) is 7.69. The van der Waals surface area contributed by atoms with Crippen molar-refractivity contribution in [1.82, 2.24) is 10.2 Å². The van der Waals surface area contributed by atoms with Gasteiger partial charge in [0.25, 0.3) is 11.4 Å². The van der Waals surface area contributed by atoms with Crippen LogP contribution in [0.3, 0.4) is 0 Å². The molecular weight excluding hydrogens is 375 g/mol. The molecule has 1 aromatic rings. The van der Waals surface area contributed by atoms with E-state index in [-0.39, 0.29) is 22.8 Å². The first-order chi connectivity index (χ1) is 12.4. The molecular formula is C15H16F3N3O6. The van der Waals surface area contributed by atoms with Gasteiger partial charge >= 0.3 is 18.2 Å². The molecule has 0 radical (unpaired) electrons. The van der Waals surface area contributed by atoms with Crippen LogP contribution < -0.4 is 5.32 Å². The van der Waals surface area contributed by atoms with E-state index in [0.29, 0.717) is 7.05 Å². The minimum atomic E-state index is -5.38. The number of urea groups is 1. The van der Waals surface area contributed by atoms with Gasteiger partial charge in [-0.1, -0.05) is 12.1 Å². The van der Waals surface area contributed by atoms with Gasteiger partial charge in [0.15, 0.2) is 0 Å². The Labute approximate surface area is 150 Å². The summed E-state index contributed by atoms with van der Waals surface area (Å²) < 4.78 is 45.8. The molecule has 1 aliphatic rings. The molecule has 2 amide bonds. The average Bonchev–Trinajstić information content (AvgIpc) is 2.58. The summed E-state index contributed by atoms with van der Waals surface area (Å²) >= 11 is 0. The highest BCUT2D eigenvalue weighted by molar-refractivity contribution is 5.83. The molecule has 0 unspecified atom stereocenters. The molecule has 0 spiro atoms. The molecule has 1 aromatic carbocycles. The Morgan fingerprint density at radius 1 is 1.41 bits per heavy atom. The van der Waals surface area contributed by atoms with Crippen LogP contribution in [-0.2, 0) is 9.53 Å². The van der Waals surface area contributed by atoms with E-state index < -0.39 is 40.8 Å². The SMILES string of the molecule is CCOC(=O)[C@@H]1[C@@H](c2ccc([N+](=O)[O-])cc2)NC(=O)N(C)[C@@]1(O)C(F)(F)F. The second-order valence-corrected chi connectivity index (χ2v) is 5.79. The van der Waals surface area contributed by atoms with Crippen molar-refractivity contribution in [2.45, 2.75) is 24.9 Å². The third-order valence-electron chi connectivity index (χ3n) is 4.28. The van der Waals surface area contributed by atoms with Gasteiger partial charge in [0.1, 0.15) is 5.92 Å². The van der Waals surface area contributed by atoms with Crippen molar-refractivity contribution in [3.05, 3.63) is 39.9 Å². The summed E-state index contributed by atoms with van der Waals surface area (Å²) in [5.74, 6) is -3.64. The molecule has 1 saturated heterocycles. The van der Waals surface area contributed by atoms with E-state index in [1.807, 2.05) is 0 Å². The molecule has 2 N–H and O–H groups in total. The minimum Gasteiger partial charge on any atom is -0.466 e. The number of halogens is 3. The Morgan fingerprint density at radius 2 is 1.96 bits per heavy atom. The van der Waals surface area contributed by atoms with Crippen molar-refractivity contribution >= 4 is 17.7 Å². The number of non-ortho nitro benzene ring substituents is 1. The zero-order valence-corrected chi connectivity index (χ0v) is 14.2. The van der Waals surface area contributed by atoms with E-state index in [2.05, 4.69) is 10.1 Å². The number of carbonyl (C=O) groups is 2. The highest BCUT2D eigenvalue weighted by atomic mass is 19.4. The summed E-state index contributed by atoms with van der Waals surface area (Å²) in [5, 5.41) is 23.4. The van der Waals surface area contributed by atoms with E-state index >= 15 is 0 Å². The van der Waals surface area contributed by atoms with Gasteiger partial charge in [-0.05, 0) is 12.5 Å². The largest absolute Gasteiger partial charge is 0.466 e. The standard InChI is InChI=1S/C15H16F3N3O6/c1-3-27-12(22)10-11(8-4-6-9(7-5-8)21(25)26)19-13(23)20(2)14(10,24)15(16,17)18/h4-7,10-11,24H,3H2,1-2H3,(H,19,23)/t10-,11+,14-/m0/s1. The quantitative estimate of drug-likeness (QED) is 0.458. The number of esters is 1. The fourth-order valence-corrected chi connectivity index (χ4v) is 2.89. The Balaban J connectivity index is 2.61. The van der Waals surface area contributed by atoms with Crippen molar-refractivity contribution in [3.8, 4) is 0 Å². The Bertz CT molecular complexity index is 754. The number of rotatable bonds is 4. The number of benzene rings is 1. The van der Waals surface area contributed by atoms with Crippen LogP contribution in [0.15, 0.2) is 24.3 Å². The van der Waals surface area contributed by atoms with Crippen molar-refractivity contribution in [1.29, 1.82) is 0 Å². The van der Waals surface area contributed by atoms with Gasteiger partial charge in [-0.2, -0.15) is 13.2 Å². The molecule has 1 heterocycles. The van der Waals surface area contributed by atoms with Crippen LogP contribution in [0.1, 0.15) is 18.5 Å². The molecule has 9 nitrogen and oxygen atoms in total. The number of hydrogen-bond acceptors (Lipinski definition) is 6. The molecule has 12 heteroatoms. The van der Waals surface area contributed by atoms with Gasteiger partial charge in [-0.25, -0.2) is 4.79 Å². The molecule has 3 atom stereocenters. The molecule has 0 bridgehead atoms. The Morgan fingerprint density at radius 3 is 2.41 bits per heavy atom. The zero-order chi connectivity index (χ0) is 20.6. The smallest absolute Gasteiger partial charge is 0.437 e. The van der Waals surface area contributed by atoms with E-state index in [1.165, 1.54) is 6.92 Å². The van der Waals surface area contributed by atoms with Gasteiger partial charge < -0.3 is 15.2 Å². The first-order valence-electron chi connectivity index (χ1n) is 7.69. The second-order valence-electron chi connectivity index (χ2n) is 5.79. The summed E-state index contributed by atoms with van der Waals surface area (Å²) in [6.07, 6.45) is -5.38. The zero-order valence-electron chi connectivity index (χ0n) is 14.2. The maximum absolute atomic E-state index is 13.7. The highest BCUT2D eigenvalue weighted by Crippen LogP contribution is 2.46. The topological polar surface area (TPSA) is 122 Å². The highest BCUT2D eigenvalue weighted by Gasteiger charge is 2.69. The number of aliphatic hydroxyl groups is 1. The maximum atomic E-state index is 13.7. The predicted molar refractivity (Wildman–Crippen MR) is 83.3 cm³/mol. The van der Waals surface area contributed by atoms with Gasteiger partial charge in [0.2, 0.25) is 0 Å². The number of nitro benzene ring substituents is 1. The van der Waals surface area contributed by atoms with Crippen LogP contribution in [0, 0.1) is 16.0 Å². The lowest BCUT2D eigenvalue weighted by molar-refractivity contribution is -0.384. The van der Waals surface area contributed by atoms with Gasteiger partial charge in [0.05, 0.1) is 17.6 Å². The molecule has 27 heavy (non-hydrogen) atoms. The van der Waals surface area contributed by atoms with E-state index in [9.17, 15) is 38.0 Å². The number of amides is 2. The molecule has 0 saturated carbocycles. The lowest BCUT2D eigenvalue weighted by Gasteiger charge is -2.49. The first kappa shape index (κ1) is 20.4.